The third-order valence-electron chi connectivity index (χ3n) is 5.40. The molecule has 1 fully saturated rings. The number of nitrogens with one attached hydrogen (secondary N) is 2. The fraction of sp³-hybridized carbons (Fsp3) is 0.348. The van der Waals surface area contributed by atoms with Gasteiger partial charge in [-0.3, -0.25) is 14.5 Å². The first kappa shape index (κ1) is 21.8. The summed E-state index contributed by atoms with van der Waals surface area (Å²) in [5, 5.41) is 6.31. The van der Waals surface area contributed by atoms with Gasteiger partial charge in [-0.15, -0.1) is 0 Å². The number of unbranched alkanes of at least 4 members (excludes halogenated alkanes) is 1. The van der Waals surface area contributed by atoms with Crippen molar-refractivity contribution in [2.45, 2.75) is 44.7 Å². The Morgan fingerprint density at radius 1 is 1.13 bits per heavy atom. The van der Waals surface area contributed by atoms with Gasteiger partial charge in [-0.1, -0.05) is 73.8 Å². The van der Waals surface area contributed by atoms with Crippen LogP contribution in [0.5, 0.6) is 0 Å². The van der Waals surface area contributed by atoms with E-state index in [1.807, 2.05) is 56.3 Å². The minimum Gasteiger partial charge on any atom is -0.348 e. The van der Waals surface area contributed by atoms with E-state index < -0.39 is 17.5 Å². The highest BCUT2D eigenvalue weighted by Crippen LogP contribution is 2.34. The fourth-order valence-electron chi connectivity index (χ4n) is 3.71. The summed E-state index contributed by atoms with van der Waals surface area (Å²) in [5.74, 6) is -0.790. The predicted octanol–water partition coefficient (Wildman–Crippen LogP) is 4.15. The Hall–Kier alpha value is -2.86. The summed E-state index contributed by atoms with van der Waals surface area (Å²) in [7, 11) is 0. The van der Waals surface area contributed by atoms with Gasteiger partial charge in [0.1, 0.15) is 12.1 Å². The van der Waals surface area contributed by atoms with Gasteiger partial charge in [0.15, 0.2) is 0 Å². The highest BCUT2D eigenvalue weighted by molar-refractivity contribution is 6.30. The lowest BCUT2D eigenvalue weighted by molar-refractivity contribution is -0.135. The van der Waals surface area contributed by atoms with Crippen LogP contribution in [0.3, 0.4) is 0 Å². The number of urea groups is 1. The maximum absolute atomic E-state index is 13.3. The Labute approximate surface area is 181 Å². The van der Waals surface area contributed by atoms with Gasteiger partial charge in [0, 0.05) is 5.02 Å². The SMILES string of the molecule is CCCCC1(c2ccccc2)NC(=O)N(CC(=O)NC(C)c2ccc(Cl)cc2)C1=O. The van der Waals surface area contributed by atoms with Gasteiger partial charge in [-0.05, 0) is 36.6 Å². The molecule has 3 rings (SSSR count). The van der Waals surface area contributed by atoms with Crippen LogP contribution in [0.15, 0.2) is 54.6 Å². The Balaban J connectivity index is 1.74. The molecule has 0 saturated carbocycles. The number of rotatable bonds is 8. The summed E-state index contributed by atoms with van der Waals surface area (Å²) < 4.78 is 0. The molecule has 2 aromatic carbocycles. The summed E-state index contributed by atoms with van der Waals surface area (Å²) in [6, 6.07) is 15.5. The van der Waals surface area contributed by atoms with E-state index in [9.17, 15) is 14.4 Å². The summed E-state index contributed by atoms with van der Waals surface area (Å²) in [6.07, 6.45) is 2.14. The minimum atomic E-state index is -1.13. The number of carbonyl (C=O) groups excluding carboxylic acids is 3. The molecule has 158 valence electrons. The topological polar surface area (TPSA) is 78.5 Å². The van der Waals surface area contributed by atoms with Crippen molar-refractivity contribution >= 4 is 29.4 Å². The van der Waals surface area contributed by atoms with E-state index in [1.165, 1.54) is 0 Å². The maximum atomic E-state index is 13.3. The number of hydrogen-bond donors (Lipinski definition) is 2. The first-order chi connectivity index (χ1) is 14.4. The molecule has 1 aliphatic rings. The van der Waals surface area contributed by atoms with Crippen LogP contribution in [0.2, 0.25) is 5.02 Å². The van der Waals surface area contributed by atoms with Crippen LogP contribution in [-0.2, 0) is 15.1 Å². The Kier molecular flexibility index (Phi) is 6.77. The molecule has 6 nitrogen and oxygen atoms in total. The maximum Gasteiger partial charge on any atom is 0.325 e. The molecule has 4 amide bonds. The third kappa shape index (κ3) is 4.49. The lowest BCUT2D eigenvalue weighted by Crippen LogP contribution is -2.45. The summed E-state index contributed by atoms with van der Waals surface area (Å²) in [5.41, 5.74) is 0.483. The molecule has 0 bridgehead atoms. The summed E-state index contributed by atoms with van der Waals surface area (Å²) >= 11 is 5.91. The molecule has 30 heavy (non-hydrogen) atoms. The average molecular weight is 428 g/mol. The number of benzene rings is 2. The van der Waals surface area contributed by atoms with E-state index in [0.717, 1.165) is 28.9 Å². The van der Waals surface area contributed by atoms with E-state index in [-0.39, 0.29) is 18.5 Å². The van der Waals surface area contributed by atoms with E-state index in [1.54, 1.807) is 12.1 Å². The van der Waals surface area contributed by atoms with Gasteiger partial charge in [0.05, 0.1) is 6.04 Å². The molecule has 2 unspecified atom stereocenters. The zero-order valence-electron chi connectivity index (χ0n) is 17.2. The van der Waals surface area contributed by atoms with Crippen molar-refractivity contribution in [2.75, 3.05) is 6.54 Å². The van der Waals surface area contributed by atoms with Crippen molar-refractivity contribution < 1.29 is 14.4 Å². The number of carbonyl (C=O) groups is 3. The van der Waals surface area contributed by atoms with Crippen LogP contribution < -0.4 is 10.6 Å². The molecular formula is C23H26ClN3O3. The minimum absolute atomic E-state index is 0.283. The standard InChI is InChI=1S/C23H26ClN3O3/c1-3-4-14-23(18-8-6-5-7-9-18)21(29)27(22(30)26-23)15-20(28)25-16(2)17-10-12-19(24)13-11-17/h5-13,16H,3-4,14-15H2,1-2H3,(H,25,28)(H,26,30). The zero-order chi connectivity index (χ0) is 21.7. The zero-order valence-corrected chi connectivity index (χ0v) is 17.9. The van der Waals surface area contributed by atoms with Crippen LogP contribution >= 0.6 is 11.6 Å². The van der Waals surface area contributed by atoms with Crippen LogP contribution in [0.4, 0.5) is 4.79 Å². The van der Waals surface area contributed by atoms with Crippen molar-refractivity contribution in [3.05, 3.63) is 70.7 Å². The second-order valence-corrected chi connectivity index (χ2v) is 7.97. The number of hydrogen-bond acceptors (Lipinski definition) is 3. The van der Waals surface area contributed by atoms with E-state index >= 15 is 0 Å². The molecule has 2 aromatic rings. The molecule has 2 atom stereocenters. The highest BCUT2D eigenvalue weighted by Gasteiger charge is 2.52. The van der Waals surface area contributed by atoms with Crippen molar-refractivity contribution in [1.29, 1.82) is 0 Å². The molecule has 1 aliphatic heterocycles. The van der Waals surface area contributed by atoms with Crippen LogP contribution in [0, 0.1) is 0 Å². The second-order valence-electron chi connectivity index (χ2n) is 7.54. The van der Waals surface area contributed by atoms with Gasteiger partial charge in [0.25, 0.3) is 5.91 Å². The third-order valence-corrected chi connectivity index (χ3v) is 5.65. The smallest absolute Gasteiger partial charge is 0.325 e. The van der Waals surface area contributed by atoms with Crippen molar-refractivity contribution in [1.82, 2.24) is 15.5 Å². The van der Waals surface area contributed by atoms with E-state index in [4.69, 9.17) is 11.6 Å². The Morgan fingerprint density at radius 2 is 1.80 bits per heavy atom. The van der Waals surface area contributed by atoms with E-state index in [2.05, 4.69) is 10.6 Å². The first-order valence-corrected chi connectivity index (χ1v) is 10.5. The number of halogens is 1. The normalized spacial score (nSPS) is 19.5. The Bertz CT molecular complexity index is 917. The quantitative estimate of drug-likeness (QED) is 0.621. The fourth-order valence-corrected chi connectivity index (χ4v) is 3.84. The molecule has 2 N–H and O–H groups in total. The van der Waals surface area contributed by atoms with Gasteiger partial charge in [-0.25, -0.2) is 4.79 Å². The first-order valence-electron chi connectivity index (χ1n) is 10.1. The van der Waals surface area contributed by atoms with Crippen LogP contribution in [0.1, 0.15) is 50.3 Å². The molecular weight excluding hydrogens is 402 g/mol. The average Bonchev–Trinajstić information content (AvgIpc) is 2.98. The van der Waals surface area contributed by atoms with Gasteiger partial charge in [-0.2, -0.15) is 0 Å². The van der Waals surface area contributed by atoms with Gasteiger partial charge < -0.3 is 10.6 Å². The lowest BCUT2D eigenvalue weighted by Gasteiger charge is -2.27. The molecule has 0 spiro atoms. The number of nitrogens with zero attached hydrogens (tertiary/aromatic N) is 1. The molecule has 0 radical (unpaired) electrons. The van der Waals surface area contributed by atoms with Crippen LogP contribution in [0.25, 0.3) is 0 Å². The molecule has 0 aromatic heterocycles. The van der Waals surface area contributed by atoms with E-state index in [0.29, 0.717) is 11.4 Å². The van der Waals surface area contributed by atoms with Crippen molar-refractivity contribution in [2.24, 2.45) is 0 Å². The lowest BCUT2D eigenvalue weighted by atomic mass is 9.85. The number of imide groups is 1. The van der Waals surface area contributed by atoms with Gasteiger partial charge >= 0.3 is 6.03 Å². The highest BCUT2D eigenvalue weighted by atomic mass is 35.5. The Morgan fingerprint density at radius 3 is 2.43 bits per heavy atom. The van der Waals surface area contributed by atoms with Crippen LogP contribution in [-0.4, -0.2) is 29.3 Å². The van der Waals surface area contributed by atoms with Crippen molar-refractivity contribution in [3.8, 4) is 0 Å². The van der Waals surface area contributed by atoms with Gasteiger partial charge in [0.2, 0.25) is 5.91 Å². The predicted molar refractivity (Wildman–Crippen MR) is 116 cm³/mol. The summed E-state index contributed by atoms with van der Waals surface area (Å²) in [4.78, 5) is 39.6. The molecule has 1 saturated heterocycles. The second kappa shape index (κ2) is 9.30. The molecule has 0 aliphatic carbocycles. The molecule has 7 heteroatoms. The van der Waals surface area contributed by atoms with Crippen molar-refractivity contribution in [3.63, 3.8) is 0 Å². The monoisotopic (exact) mass is 427 g/mol. The number of amides is 4. The molecule has 1 heterocycles. The summed E-state index contributed by atoms with van der Waals surface area (Å²) in [6.45, 7) is 3.54. The largest absolute Gasteiger partial charge is 0.348 e.